The van der Waals surface area contributed by atoms with Gasteiger partial charge in [-0.2, -0.15) is 0 Å². The van der Waals surface area contributed by atoms with Gasteiger partial charge in [0, 0.05) is 13.0 Å². The van der Waals surface area contributed by atoms with Crippen LogP contribution in [0.25, 0.3) is 0 Å². The number of carboxylic acids is 1. The average molecular weight is 277 g/mol. The van der Waals surface area contributed by atoms with E-state index in [4.69, 9.17) is 5.11 Å². The molecule has 0 fully saturated rings. The summed E-state index contributed by atoms with van der Waals surface area (Å²) in [6.45, 7) is 6.08. The van der Waals surface area contributed by atoms with Gasteiger partial charge in [0.15, 0.2) is 0 Å². The number of hydrogen-bond donors (Lipinski definition) is 1. The van der Waals surface area contributed by atoms with Crippen LogP contribution in [0.5, 0.6) is 0 Å². The van der Waals surface area contributed by atoms with Gasteiger partial charge in [-0.25, -0.2) is 0 Å². The van der Waals surface area contributed by atoms with Crippen molar-refractivity contribution in [2.45, 2.75) is 39.5 Å². The minimum atomic E-state index is -0.969. The van der Waals surface area contributed by atoms with Crippen LogP contribution in [0.3, 0.4) is 0 Å². The van der Waals surface area contributed by atoms with Gasteiger partial charge in [-0.1, -0.05) is 36.8 Å². The number of benzene rings is 1. The van der Waals surface area contributed by atoms with Crippen LogP contribution in [-0.4, -0.2) is 35.0 Å². The van der Waals surface area contributed by atoms with Gasteiger partial charge in [-0.05, 0) is 31.7 Å². The van der Waals surface area contributed by atoms with Crippen LogP contribution in [0.4, 0.5) is 0 Å². The molecule has 0 aliphatic carbocycles. The number of amides is 1. The molecule has 0 saturated heterocycles. The number of nitrogens with zero attached hydrogens (tertiary/aromatic N) is 1. The van der Waals surface area contributed by atoms with Crippen LogP contribution < -0.4 is 0 Å². The molecule has 0 saturated carbocycles. The third kappa shape index (κ3) is 4.68. The van der Waals surface area contributed by atoms with E-state index in [1.807, 2.05) is 38.1 Å². The van der Waals surface area contributed by atoms with Gasteiger partial charge in [0.1, 0.15) is 6.54 Å². The molecule has 20 heavy (non-hydrogen) atoms. The van der Waals surface area contributed by atoms with Crippen molar-refractivity contribution in [2.24, 2.45) is 0 Å². The molecule has 4 nitrogen and oxygen atoms in total. The molecule has 0 heterocycles. The van der Waals surface area contributed by atoms with E-state index in [9.17, 15) is 9.59 Å². The Morgan fingerprint density at radius 2 is 1.80 bits per heavy atom. The van der Waals surface area contributed by atoms with Crippen molar-refractivity contribution < 1.29 is 14.7 Å². The van der Waals surface area contributed by atoms with Gasteiger partial charge in [-0.3, -0.25) is 9.59 Å². The largest absolute Gasteiger partial charge is 0.480 e. The molecular weight excluding hydrogens is 254 g/mol. The predicted octanol–water partition coefficient (Wildman–Crippen LogP) is 2.81. The first-order valence-electron chi connectivity index (χ1n) is 7.04. The number of carbonyl (C=O) groups excluding carboxylic acids is 1. The summed E-state index contributed by atoms with van der Waals surface area (Å²) in [6, 6.07) is 8.17. The summed E-state index contributed by atoms with van der Waals surface area (Å²) < 4.78 is 0. The number of likely N-dealkylation sites (N-methyl/N-ethyl adjacent to an activating group) is 1. The SMILES string of the molecule is CCC(CC(=O)N(CC)CC(=O)O)c1ccc(C)cc1. The van der Waals surface area contributed by atoms with E-state index in [0.717, 1.165) is 12.0 Å². The minimum Gasteiger partial charge on any atom is -0.480 e. The summed E-state index contributed by atoms with van der Waals surface area (Å²) in [7, 11) is 0. The molecule has 0 aromatic heterocycles. The maximum absolute atomic E-state index is 12.2. The molecule has 1 aromatic rings. The molecule has 1 rings (SSSR count). The smallest absolute Gasteiger partial charge is 0.323 e. The fourth-order valence-corrected chi connectivity index (χ4v) is 2.22. The Morgan fingerprint density at radius 3 is 2.25 bits per heavy atom. The number of rotatable bonds is 7. The molecule has 0 spiro atoms. The molecule has 0 bridgehead atoms. The summed E-state index contributed by atoms with van der Waals surface area (Å²) in [5, 5.41) is 8.81. The van der Waals surface area contributed by atoms with Crippen molar-refractivity contribution in [3.8, 4) is 0 Å². The molecule has 1 atom stereocenters. The molecule has 0 aliphatic rings. The molecule has 1 aromatic carbocycles. The Hall–Kier alpha value is -1.84. The summed E-state index contributed by atoms with van der Waals surface area (Å²) in [6.07, 6.45) is 1.22. The van der Waals surface area contributed by atoms with Gasteiger partial charge >= 0.3 is 5.97 Å². The number of aliphatic carboxylic acids is 1. The van der Waals surface area contributed by atoms with E-state index in [-0.39, 0.29) is 18.4 Å². The van der Waals surface area contributed by atoms with Crippen LogP contribution in [0.2, 0.25) is 0 Å². The summed E-state index contributed by atoms with van der Waals surface area (Å²) in [5.74, 6) is -0.920. The number of carbonyl (C=O) groups is 2. The predicted molar refractivity (Wildman–Crippen MR) is 78.7 cm³/mol. The first-order valence-corrected chi connectivity index (χ1v) is 7.04. The highest BCUT2D eigenvalue weighted by Crippen LogP contribution is 2.24. The van der Waals surface area contributed by atoms with Gasteiger partial charge in [0.2, 0.25) is 5.91 Å². The van der Waals surface area contributed by atoms with Crippen LogP contribution >= 0.6 is 0 Å². The van der Waals surface area contributed by atoms with E-state index in [1.165, 1.54) is 10.5 Å². The third-order valence-corrected chi connectivity index (χ3v) is 3.52. The summed E-state index contributed by atoms with van der Waals surface area (Å²) >= 11 is 0. The average Bonchev–Trinajstić information content (AvgIpc) is 2.42. The van der Waals surface area contributed by atoms with Crippen molar-refractivity contribution in [3.05, 3.63) is 35.4 Å². The molecule has 0 radical (unpaired) electrons. The maximum Gasteiger partial charge on any atom is 0.323 e. The normalized spacial score (nSPS) is 11.9. The molecule has 1 unspecified atom stereocenters. The highest BCUT2D eigenvalue weighted by Gasteiger charge is 2.20. The van der Waals surface area contributed by atoms with Crippen LogP contribution in [-0.2, 0) is 9.59 Å². The lowest BCUT2D eigenvalue weighted by Crippen LogP contribution is -2.36. The summed E-state index contributed by atoms with van der Waals surface area (Å²) in [4.78, 5) is 24.3. The number of carboxylic acid groups (broad SMARTS) is 1. The second kappa shape index (κ2) is 7.68. The van der Waals surface area contributed by atoms with Gasteiger partial charge in [-0.15, -0.1) is 0 Å². The minimum absolute atomic E-state index is 0.0951. The second-order valence-electron chi connectivity index (χ2n) is 5.02. The Kier molecular flexibility index (Phi) is 6.22. The number of hydrogen-bond acceptors (Lipinski definition) is 2. The molecular formula is C16H23NO3. The van der Waals surface area contributed by atoms with E-state index in [1.54, 1.807) is 6.92 Å². The Morgan fingerprint density at radius 1 is 1.20 bits per heavy atom. The van der Waals surface area contributed by atoms with Crippen LogP contribution in [0.15, 0.2) is 24.3 Å². The zero-order chi connectivity index (χ0) is 15.1. The first-order chi connectivity index (χ1) is 9.47. The summed E-state index contributed by atoms with van der Waals surface area (Å²) in [5.41, 5.74) is 2.33. The monoisotopic (exact) mass is 277 g/mol. The van der Waals surface area contributed by atoms with Crippen molar-refractivity contribution in [1.82, 2.24) is 4.90 Å². The highest BCUT2D eigenvalue weighted by atomic mass is 16.4. The van der Waals surface area contributed by atoms with Gasteiger partial charge in [0.05, 0.1) is 0 Å². The zero-order valence-electron chi connectivity index (χ0n) is 12.4. The van der Waals surface area contributed by atoms with Crippen molar-refractivity contribution in [1.29, 1.82) is 0 Å². The standard InChI is InChI=1S/C16H23NO3/c1-4-13(14-8-6-12(3)7-9-14)10-15(18)17(5-2)11-16(19)20/h6-9,13H,4-5,10-11H2,1-3H3,(H,19,20). The topological polar surface area (TPSA) is 57.6 Å². The van der Waals surface area contributed by atoms with Crippen LogP contribution in [0.1, 0.15) is 43.7 Å². The second-order valence-corrected chi connectivity index (χ2v) is 5.02. The number of aryl methyl sites for hydroxylation is 1. The van der Waals surface area contributed by atoms with Gasteiger partial charge < -0.3 is 10.0 Å². The lowest BCUT2D eigenvalue weighted by molar-refractivity contribution is -0.144. The molecule has 0 aliphatic heterocycles. The molecule has 110 valence electrons. The Bertz CT molecular complexity index is 453. The van der Waals surface area contributed by atoms with E-state index in [2.05, 4.69) is 0 Å². The van der Waals surface area contributed by atoms with Crippen molar-refractivity contribution in [3.63, 3.8) is 0 Å². The third-order valence-electron chi connectivity index (χ3n) is 3.52. The van der Waals surface area contributed by atoms with E-state index in [0.29, 0.717) is 13.0 Å². The fourth-order valence-electron chi connectivity index (χ4n) is 2.22. The molecule has 1 N–H and O–H groups in total. The van der Waals surface area contributed by atoms with E-state index >= 15 is 0 Å². The first kappa shape index (κ1) is 16.2. The lowest BCUT2D eigenvalue weighted by atomic mass is 9.92. The molecule has 1 amide bonds. The fraction of sp³-hybridized carbons (Fsp3) is 0.500. The van der Waals surface area contributed by atoms with E-state index < -0.39 is 5.97 Å². The van der Waals surface area contributed by atoms with Crippen molar-refractivity contribution >= 4 is 11.9 Å². The molecule has 4 heteroatoms. The Labute approximate surface area is 120 Å². The van der Waals surface area contributed by atoms with Crippen molar-refractivity contribution in [2.75, 3.05) is 13.1 Å². The lowest BCUT2D eigenvalue weighted by Gasteiger charge is -2.22. The quantitative estimate of drug-likeness (QED) is 0.833. The zero-order valence-corrected chi connectivity index (χ0v) is 12.4. The Balaban J connectivity index is 2.74. The maximum atomic E-state index is 12.2. The van der Waals surface area contributed by atoms with Gasteiger partial charge in [0.25, 0.3) is 0 Å². The highest BCUT2D eigenvalue weighted by molar-refractivity contribution is 5.81. The van der Waals surface area contributed by atoms with Crippen LogP contribution in [0, 0.1) is 6.92 Å².